The molecule has 3 nitrogen and oxygen atoms in total. The normalized spacial score (nSPS) is 10.1. The van der Waals surface area contributed by atoms with Crippen molar-refractivity contribution in [1.82, 2.24) is 10.6 Å². The van der Waals surface area contributed by atoms with Crippen LogP contribution in [0.5, 0.6) is 0 Å². The standard InChI is InChI=1S/C10H11BrN2O/c1-12-10(14)13-7-6-8-2-4-9(11)5-3-8/h2-7H,1H3,(H2,12,13,14)/b7-6+. The van der Waals surface area contributed by atoms with E-state index in [2.05, 4.69) is 26.6 Å². The molecule has 0 fully saturated rings. The lowest BCUT2D eigenvalue weighted by molar-refractivity contribution is 0.246. The molecule has 14 heavy (non-hydrogen) atoms. The van der Waals surface area contributed by atoms with Crippen molar-refractivity contribution in [3.63, 3.8) is 0 Å². The third-order valence-electron chi connectivity index (χ3n) is 1.59. The second-order valence-corrected chi connectivity index (χ2v) is 3.52. The summed E-state index contributed by atoms with van der Waals surface area (Å²) in [5.41, 5.74) is 1.03. The van der Waals surface area contributed by atoms with E-state index in [1.54, 1.807) is 13.2 Å². The van der Waals surface area contributed by atoms with Crippen LogP contribution in [0, 0.1) is 0 Å². The molecular weight excluding hydrogens is 244 g/mol. The summed E-state index contributed by atoms with van der Waals surface area (Å²) in [7, 11) is 1.57. The quantitative estimate of drug-likeness (QED) is 0.836. The van der Waals surface area contributed by atoms with Crippen molar-refractivity contribution >= 4 is 28.0 Å². The van der Waals surface area contributed by atoms with E-state index in [0.717, 1.165) is 10.0 Å². The fourth-order valence-corrected chi connectivity index (χ4v) is 1.12. The van der Waals surface area contributed by atoms with Crippen LogP contribution in [0.1, 0.15) is 5.56 Å². The van der Waals surface area contributed by atoms with Gasteiger partial charge in [-0.05, 0) is 23.8 Å². The zero-order chi connectivity index (χ0) is 10.4. The summed E-state index contributed by atoms with van der Waals surface area (Å²) in [5.74, 6) is 0. The minimum absolute atomic E-state index is 0.224. The Kier molecular flexibility index (Phi) is 4.19. The van der Waals surface area contributed by atoms with E-state index in [9.17, 15) is 4.79 Å². The lowest BCUT2D eigenvalue weighted by Crippen LogP contribution is -2.28. The molecule has 0 spiro atoms. The van der Waals surface area contributed by atoms with Crippen LogP contribution in [0.3, 0.4) is 0 Å². The molecule has 0 heterocycles. The number of hydrogen-bond donors (Lipinski definition) is 2. The fourth-order valence-electron chi connectivity index (χ4n) is 0.860. The van der Waals surface area contributed by atoms with E-state index in [4.69, 9.17) is 0 Å². The summed E-state index contributed by atoms with van der Waals surface area (Å²) in [4.78, 5) is 10.8. The monoisotopic (exact) mass is 254 g/mol. The molecule has 1 rings (SSSR count). The number of carbonyl (C=O) groups excluding carboxylic acids is 1. The molecule has 0 atom stereocenters. The Labute approximate surface area is 91.3 Å². The average Bonchev–Trinajstić information content (AvgIpc) is 2.21. The van der Waals surface area contributed by atoms with Crippen LogP contribution in [-0.2, 0) is 0 Å². The number of urea groups is 1. The van der Waals surface area contributed by atoms with E-state index in [1.165, 1.54) is 0 Å². The number of benzene rings is 1. The maximum Gasteiger partial charge on any atom is 0.318 e. The molecule has 4 heteroatoms. The van der Waals surface area contributed by atoms with Gasteiger partial charge in [-0.3, -0.25) is 0 Å². The first kappa shape index (κ1) is 10.8. The maximum atomic E-state index is 10.8. The molecule has 74 valence electrons. The van der Waals surface area contributed by atoms with Crippen molar-refractivity contribution in [3.05, 3.63) is 40.5 Å². The zero-order valence-electron chi connectivity index (χ0n) is 7.75. The molecule has 0 saturated heterocycles. The molecular formula is C10H11BrN2O. The molecule has 0 aromatic heterocycles. The van der Waals surface area contributed by atoms with Crippen LogP contribution in [0.2, 0.25) is 0 Å². The van der Waals surface area contributed by atoms with Gasteiger partial charge in [0.2, 0.25) is 0 Å². The number of halogens is 1. The predicted octanol–water partition coefficient (Wildman–Crippen LogP) is 2.35. The number of rotatable bonds is 2. The van der Waals surface area contributed by atoms with Gasteiger partial charge in [0.25, 0.3) is 0 Å². The average molecular weight is 255 g/mol. The molecule has 0 aliphatic carbocycles. The van der Waals surface area contributed by atoms with Gasteiger partial charge in [0.05, 0.1) is 0 Å². The van der Waals surface area contributed by atoms with Crippen molar-refractivity contribution in [2.24, 2.45) is 0 Å². The van der Waals surface area contributed by atoms with Gasteiger partial charge in [0.1, 0.15) is 0 Å². The number of amides is 2. The van der Waals surface area contributed by atoms with Gasteiger partial charge in [0.15, 0.2) is 0 Å². The number of nitrogens with one attached hydrogen (secondary N) is 2. The molecule has 1 aromatic rings. The first-order valence-corrected chi connectivity index (χ1v) is 4.92. The van der Waals surface area contributed by atoms with Gasteiger partial charge in [0, 0.05) is 17.7 Å². The van der Waals surface area contributed by atoms with Gasteiger partial charge in [-0.2, -0.15) is 0 Å². The Bertz CT molecular complexity index is 332. The summed E-state index contributed by atoms with van der Waals surface area (Å²) in [6.45, 7) is 0. The highest BCUT2D eigenvalue weighted by atomic mass is 79.9. The highest BCUT2D eigenvalue weighted by molar-refractivity contribution is 9.10. The highest BCUT2D eigenvalue weighted by Gasteiger charge is 1.89. The van der Waals surface area contributed by atoms with Crippen molar-refractivity contribution in [1.29, 1.82) is 0 Å². The van der Waals surface area contributed by atoms with E-state index in [0.29, 0.717) is 0 Å². The summed E-state index contributed by atoms with van der Waals surface area (Å²) >= 11 is 3.34. The molecule has 0 aliphatic rings. The number of carbonyl (C=O) groups is 1. The van der Waals surface area contributed by atoms with Crippen LogP contribution in [-0.4, -0.2) is 13.1 Å². The molecule has 0 bridgehead atoms. The van der Waals surface area contributed by atoms with Gasteiger partial charge in [-0.15, -0.1) is 0 Å². The first-order chi connectivity index (χ1) is 6.72. The summed E-state index contributed by atoms with van der Waals surface area (Å²) < 4.78 is 1.04. The van der Waals surface area contributed by atoms with E-state index in [-0.39, 0.29) is 6.03 Å². The van der Waals surface area contributed by atoms with Crippen LogP contribution in [0.15, 0.2) is 34.9 Å². The third-order valence-corrected chi connectivity index (χ3v) is 2.12. The molecule has 0 radical (unpaired) electrons. The lowest BCUT2D eigenvalue weighted by Gasteiger charge is -1.97. The SMILES string of the molecule is CNC(=O)N/C=C/c1ccc(Br)cc1. The minimum Gasteiger partial charge on any atom is -0.341 e. The van der Waals surface area contributed by atoms with E-state index < -0.39 is 0 Å². The Morgan fingerprint density at radius 3 is 2.57 bits per heavy atom. The first-order valence-electron chi connectivity index (χ1n) is 4.13. The number of hydrogen-bond acceptors (Lipinski definition) is 1. The third kappa shape index (κ3) is 3.62. The maximum absolute atomic E-state index is 10.8. The van der Waals surface area contributed by atoms with Crippen molar-refractivity contribution in [2.75, 3.05) is 7.05 Å². The highest BCUT2D eigenvalue weighted by Crippen LogP contribution is 2.10. The van der Waals surface area contributed by atoms with Crippen molar-refractivity contribution in [3.8, 4) is 0 Å². The van der Waals surface area contributed by atoms with Crippen LogP contribution in [0.4, 0.5) is 4.79 Å². The van der Waals surface area contributed by atoms with Crippen LogP contribution >= 0.6 is 15.9 Å². The lowest BCUT2D eigenvalue weighted by atomic mass is 10.2. The van der Waals surface area contributed by atoms with Crippen LogP contribution in [0.25, 0.3) is 6.08 Å². The predicted molar refractivity (Wildman–Crippen MR) is 60.8 cm³/mol. The van der Waals surface area contributed by atoms with Gasteiger partial charge in [-0.1, -0.05) is 28.1 Å². The second-order valence-electron chi connectivity index (χ2n) is 2.61. The summed E-state index contributed by atoms with van der Waals surface area (Å²) in [6.07, 6.45) is 3.42. The Hall–Kier alpha value is -1.29. The van der Waals surface area contributed by atoms with Crippen molar-refractivity contribution < 1.29 is 4.79 Å². The van der Waals surface area contributed by atoms with Crippen molar-refractivity contribution in [2.45, 2.75) is 0 Å². The largest absolute Gasteiger partial charge is 0.341 e. The zero-order valence-corrected chi connectivity index (χ0v) is 9.34. The topological polar surface area (TPSA) is 41.1 Å². The molecule has 0 saturated carbocycles. The Balaban J connectivity index is 2.52. The molecule has 1 aromatic carbocycles. The van der Waals surface area contributed by atoms with Gasteiger partial charge >= 0.3 is 6.03 Å². The summed E-state index contributed by atoms with van der Waals surface area (Å²) in [6, 6.07) is 7.57. The molecule has 2 amide bonds. The Morgan fingerprint density at radius 2 is 2.00 bits per heavy atom. The van der Waals surface area contributed by atoms with Crippen LogP contribution < -0.4 is 10.6 Å². The smallest absolute Gasteiger partial charge is 0.318 e. The minimum atomic E-state index is -0.224. The fraction of sp³-hybridized carbons (Fsp3) is 0.100. The Morgan fingerprint density at radius 1 is 1.36 bits per heavy atom. The van der Waals surface area contributed by atoms with E-state index in [1.807, 2.05) is 30.3 Å². The summed E-state index contributed by atoms with van der Waals surface area (Å²) in [5, 5.41) is 5.00. The molecule has 0 aliphatic heterocycles. The molecule has 2 N–H and O–H groups in total. The second kappa shape index (κ2) is 5.44. The van der Waals surface area contributed by atoms with E-state index >= 15 is 0 Å². The van der Waals surface area contributed by atoms with Gasteiger partial charge < -0.3 is 10.6 Å². The van der Waals surface area contributed by atoms with Gasteiger partial charge in [-0.25, -0.2) is 4.79 Å². The molecule has 0 unspecified atom stereocenters.